The fourth-order valence-electron chi connectivity index (χ4n) is 1.30. The van der Waals surface area contributed by atoms with Gasteiger partial charge in [-0.15, -0.1) is 5.10 Å². The van der Waals surface area contributed by atoms with Crippen molar-refractivity contribution in [1.29, 1.82) is 0 Å². The molecule has 0 saturated carbocycles. The van der Waals surface area contributed by atoms with Crippen LogP contribution < -0.4 is 10.0 Å². The van der Waals surface area contributed by atoms with Crippen LogP contribution in [0.15, 0.2) is 27.6 Å². The second kappa shape index (κ2) is 4.61. The fourth-order valence-corrected chi connectivity index (χ4v) is 2.39. The summed E-state index contributed by atoms with van der Waals surface area (Å²) in [5.74, 6) is 0.508. The Morgan fingerprint density at radius 2 is 2.11 bits per heavy atom. The van der Waals surface area contributed by atoms with Gasteiger partial charge in [0, 0.05) is 20.2 Å². The van der Waals surface area contributed by atoms with E-state index in [-0.39, 0.29) is 22.6 Å². The zero-order valence-corrected chi connectivity index (χ0v) is 10.5. The maximum absolute atomic E-state index is 12.1. The summed E-state index contributed by atoms with van der Waals surface area (Å²) in [4.78, 5) is 3.92. The maximum Gasteiger partial charge on any atom is 0.329 e. The lowest BCUT2D eigenvalue weighted by atomic mass is 10.5. The number of nitrogens with zero attached hydrogens (tertiary/aromatic N) is 3. The van der Waals surface area contributed by atoms with Gasteiger partial charge in [0.05, 0.1) is 0 Å². The van der Waals surface area contributed by atoms with E-state index >= 15 is 0 Å². The summed E-state index contributed by atoms with van der Waals surface area (Å²) in [5, 5.41) is 9.79. The third kappa shape index (κ3) is 2.40. The average Bonchev–Trinajstić information content (AvgIpc) is 2.74. The van der Waals surface area contributed by atoms with Gasteiger partial charge in [-0.05, 0) is 12.1 Å². The fraction of sp³-hybridized carbons (Fsp3) is 0.222. The Hall–Kier alpha value is -2.16. The Labute approximate surface area is 104 Å². The second-order valence-electron chi connectivity index (χ2n) is 3.33. The van der Waals surface area contributed by atoms with Gasteiger partial charge >= 0.3 is 6.01 Å². The van der Waals surface area contributed by atoms with E-state index in [0.29, 0.717) is 0 Å². The molecule has 9 heteroatoms. The van der Waals surface area contributed by atoms with Crippen molar-refractivity contribution in [2.75, 3.05) is 17.1 Å². The number of pyridine rings is 1. The zero-order chi connectivity index (χ0) is 13.2. The summed E-state index contributed by atoms with van der Waals surface area (Å²) in [6.07, 6.45) is 1.49. The van der Waals surface area contributed by atoms with Gasteiger partial charge in [0.25, 0.3) is 10.0 Å². The highest BCUT2D eigenvalue weighted by Crippen LogP contribution is 2.20. The first-order valence-corrected chi connectivity index (χ1v) is 6.47. The molecule has 96 valence electrons. The molecule has 0 saturated heterocycles. The Bertz CT molecular complexity index is 652. The maximum atomic E-state index is 12.1. The van der Waals surface area contributed by atoms with E-state index in [1.54, 1.807) is 14.0 Å². The second-order valence-corrected chi connectivity index (χ2v) is 4.98. The molecular weight excluding hydrogens is 258 g/mol. The van der Waals surface area contributed by atoms with Crippen LogP contribution in [-0.4, -0.2) is 30.6 Å². The number of hydrogen-bond acceptors (Lipinski definition) is 7. The minimum absolute atomic E-state index is 0.00310. The van der Waals surface area contributed by atoms with Crippen LogP contribution in [-0.2, 0) is 10.0 Å². The smallest absolute Gasteiger partial charge is 0.329 e. The number of anilines is 2. The molecule has 0 aliphatic carbocycles. The van der Waals surface area contributed by atoms with Crippen molar-refractivity contribution in [2.24, 2.45) is 0 Å². The van der Waals surface area contributed by atoms with Gasteiger partial charge in [0.15, 0.2) is 0 Å². The van der Waals surface area contributed by atoms with Crippen LogP contribution in [0.1, 0.15) is 5.89 Å². The van der Waals surface area contributed by atoms with E-state index in [4.69, 9.17) is 4.42 Å². The minimum atomic E-state index is -3.81. The minimum Gasteiger partial charge on any atom is -0.408 e. The quantitative estimate of drug-likeness (QED) is 0.836. The van der Waals surface area contributed by atoms with E-state index in [9.17, 15) is 8.42 Å². The molecule has 0 bridgehead atoms. The van der Waals surface area contributed by atoms with Crippen molar-refractivity contribution in [1.82, 2.24) is 15.2 Å². The van der Waals surface area contributed by atoms with E-state index in [1.165, 1.54) is 18.3 Å². The van der Waals surface area contributed by atoms with E-state index < -0.39 is 10.0 Å². The first-order valence-electron chi connectivity index (χ1n) is 4.98. The molecule has 0 aromatic carbocycles. The van der Waals surface area contributed by atoms with Gasteiger partial charge in [0.2, 0.25) is 5.89 Å². The Kier molecular flexibility index (Phi) is 3.15. The van der Waals surface area contributed by atoms with Gasteiger partial charge in [-0.25, -0.2) is 18.1 Å². The summed E-state index contributed by atoms with van der Waals surface area (Å²) in [6, 6.07) is 2.76. The molecule has 0 spiro atoms. The first-order chi connectivity index (χ1) is 8.53. The standard InChI is InChI=1S/C9H11N5O3S/c1-6-12-13-9(17-6)14-18(15,16)7-4-3-5-11-8(7)10-2/h3-5H,1-2H3,(H,10,11)(H,13,14). The van der Waals surface area contributed by atoms with Crippen LogP contribution in [0.2, 0.25) is 0 Å². The van der Waals surface area contributed by atoms with Crippen molar-refractivity contribution in [3.63, 3.8) is 0 Å². The molecule has 2 N–H and O–H groups in total. The molecule has 8 nitrogen and oxygen atoms in total. The van der Waals surface area contributed by atoms with Crippen LogP contribution in [0.3, 0.4) is 0 Å². The summed E-state index contributed by atoms with van der Waals surface area (Å²) in [6.45, 7) is 1.56. The SMILES string of the molecule is CNc1ncccc1S(=O)(=O)Nc1nnc(C)o1. The number of aryl methyl sites for hydroxylation is 1. The molecule has 0 amide bonds. The summed E-state index contributed by atoms with van der Waals surface area (Å²) >= 11 is 0. The van der Waals surface area contributed by atoms with Gasteiger partial charge in [-0.2, -0.15) is 0 Å². The van der Waals surface area contributed by atoms with Crippen molar-refractivity contribution >= 4 is 21.9 Å². The molecule has 0 atom stereocenters. The molecule has 0 unspecified atom stereocenters. The largest absolute Gasteiger partial charge is 0.408 e. The van der Waals surface area contributed by atoms with Crippen LogP contribution in [0.4, 0.5) is 11.8 Å². The predicted molar refractivity (Wildman–Crippen MR) is 63.6 cm³/mol. The summed E-state index contributed by atoms with van der Waals surface area (Å²) < 4.78 is 31.3. The van der Waals surface area contributed by atoms with Crippen molar-refractivity contribution in [3.05, 3.63) is 24.2 Å². The third-order valence-electron chi connectivity index (χ3n) is 2.04. The van der Waals surface area contributed by atoms with Crippen molar-refractivity contribution in [2.45, 2.75) is 11.8 Å². The van der Waals surface area contributed by atoms with Gasteiger partial charge in [-0.1, -0.05) is 5.10 Å². The molecule has 2 aromatic rings. The average molecular weight is 269 g/mol. The Morgan fingerprint density at radius 1 is 1.33 bits per heavy atom. The van der Waals surface area contributed by atoms with Crippen LogP contribution in [0.25, 0.3) is 0 Å². The number of nitrogens with one attached hydrogen (secondary N) is 2. The molecule has 2 heterocycles. The normalized spacial score (nSPS) is 11.2. The monoisotopic (exact) mass is 269 g/mol. The molecular formula is C9H11N5O3S. The van der Waals surface area contributed by atoms with Gasteiger partial charge in [-0.3, -0.25) is 0 Å². The molecule has 2 rings (SSSR count). The lowest BCUT2D eigenvalue weighted by Gasteiger charge is -2.08. The van der Waals surface area contributed by atoms with E-state index in [0.717, 1.165) is 0 Å². The van der Waals surface area contributed by atoms with Crippen molar-refractivity contribution in [3.8, 4) is 0 Å². The Morgan fingerprint density at radius 3 is 2.72 bits per heavy atom. The van der Waals surface area contributed by atoms with Gasteiger partial charge < -0.3 is 9.73 Å². The molecule has 0 aliphatic heterocycles. The predicted octanol–water partition coefficient (Wildman–Crippen LogP) is 0.616. The first kappa shape index (κ1) is 12.3. The molecule has 0 radical (unpaired) electrons. The highest BCUT2D eigenvalue weighted by atomic mass is 32.2. The topological polar surface area (TPSA) is 110 Å². The molecule has 0 fully saturated rings. The molecule has 18 heavy (non-hydrogen) atoms. The highest BCUT2D eigenvalue weighted by Gasteiger charge is 2.21. The van der Waals surface area contributed by atoms with E-state index in [2.05, 4.69) is 25.2 Å². The lowest BCUT2D eigenvalue weighted by molar-refractivity contribution is 0.534. The van der Waals surface area contributed by atoms with Crippen LogP contribution in [0.5, 0.6) is 0 Å². The summed E-state index contributed by atoms with van der Waals surface area (Å²) in [5.41, 5.74) is 0. The van der Waals surface area contributed by atoms with Crippen LogP contribution in [0, 0.1) is 6.92 Å². The third-order valence-corrected chi connectivity index (χ3v) is 3.40. The number of hydrogen-bond donors (Lipinski definition) is 2. The molecule has 2 aromatic heterocycles. The van der Waals surface area contributed by atoms with Crippen LogP contribution >= 0.6 is 0 Å². The van der Waals surface area contributed by atoms with E-state index in [1.807, 2.05) is 0 Å². The number of sulfonamides is 1. The number of rotatable bonds is 4. The van der Waals surface area contributed by atoms with Gasteiger partial charge in [0.1, 0.15) is 10.7 Å². The summed E-state index contributed by atoms with van der Waals surface area (Å²) in [7, 11) is -2.23. The Balaban J connectivity index is 2.36. The van der Waals surface area contributed by atoms with Crippen molar-refractivity contribution < 1.29 is 12.8 Å². The zero-order valence-electron chi connectivity index (χ0n) is 9.71. The molecule has 0 aliphatic rings. The number of aromatic nitrogens is 3. The lowest BCUT2D eigenvalue weighted by Crippen LogP contribution is -2.15. The highest BCUT2D eigenvalue weighted by molar-refractivity contribution is 7.92.